The van der Waals surface area contributed by atoms with Crippen molar-refractivity contribution in [3.63, 3.8) is 0 Å². The van der Waals surface area contributed by atoms with Crippen LogP contribution in [0.15, 0.2) is 18.2 Å². The number of hydrogen-bond acceptors (Lipinski definition) is 2. The highest BCUT2D eigenvalue weighted by Gasteiger charge is 2.19. The van der Waals surface area contributed by atoms with E-state index < -0.39 is 10.0 Å². The Labute approximate surface area is 102 Å². The van der Waals surface area contributed by atoms with Gasteiger partial charge in [-0.3, -0.25) is 4.72 Å². The summed E-state index contributed by atoms with van der Waals surface area (Å²) in [5, 5.41) is 0.601. The number of nitrogens with one attached hydrogen (secondary N) is 1. The van der Waals surface area contributed by atoms with E-state index in [2.05, 4.69) is 4.72 Å². The van der Waals surface area contributed by atoms with Crippen molar-refractivity contribution < 1.29 is 8.42 Å². The largest absolute Gasteiger partial charge is 0.283 e. The molecule has 0 bridgehead atoms. The lowest BCUT2D eigenvalue weighted by Crippen LogP contribution is -2.17. The fourth-order valence-electron chi connectivity index (χ4n) is 1.43. The van der Waals surface area contributed by atoms with Crippen LogP contribution in [0.5, 0.6) is 0 Å². The van der Waals surface area contributed by atoms with E-state index in [0.717, 1.165) is 11.8 Å². The second kappa shape index (κ2) is 4.26. The zero-order valence-electron chi connectivity index (χ0n) is 9.83. The van der Waals surface area contributed by atoms with Crippen LogP contribution in [0.2, 0.25) is 5.02 Å². The maximum absolute atomic E-state index is 11.2. The summed E-state index contributed by atoms with van der Waals surface area (Å²) in [7, 11) is -3.27. The van der Waals surface area contributed by atoms with Crippen LogP contribution in [-0.4, -0.2) is 14.7 Å². The minimum atomic E-state index is -3.27. The number of halogens is 1. The van der Waals surface area contributed by atoms with Gasteiger partial charge in [0.1, 0.15) is 0 Å². The Bertz CT molecular complexity index is 489. The van der Waals surface area contributed by atoms with Crippen LogP contribution in [0.25, 0.3) is 0 Å². The maximum Gasteiger partial charge on any atom is 0.229 e. The third-order valence-electron chi connectivity index (χ3n) is 2.08. The molecule has 0 aliphatic carbocycles. The smallest absolute Gasteiger partial charge is 0.229 e. The van der Waals surface area contributed by atoms with Crippen LogP contribution in [0.3, 0.4) is 0 Å². The molecule has 0 amide bonds. The number of rotatable bonds is 2. The molecule has 0 unspecified atom stereocenters. The van der Waals surface area contributed by atoms with E-state index in [4.69, 9.17) is 11.6 Å². The minimum absolute atomic E-state index is 0.169. The van der Waals surface area contributed by atoms with Crippen LogP contribution in [0, 0.1) is 0 Å². The SMILES string of the molecule is CC(C)(C)c1cc(Cl)ccc1NS(C)(=O)=O. The molecule has 0 heterocycles. The van der Waals surface area contributed by atoms with Crippen LogP contribution in [0.4, 0.5) is 5.69 Å². The van der Waals surface area contributed by atoms with Gasteiger partial charge in [-0.05, 0) is 29.2 Å². The molecule has 90 valence electrons. The summed E-state index contributed by atoms with van der Waals surface area (Å²) in [6.07, 6.45) is 1.13. The summed E-state index contributed by atoms with van der Waals surface area (Å²) in [6, 6.07) is 5.14. The van der Waals surface area contributed by atoms with Crippen molar-refractivity contribution in [3.05, 3.63) is 28.8 Å². The molecular formula is C11H16ClNO2S. The monoisotopic (exact) mass is 261 g/mol. The number of sulfonamides is 1. The Morgan fingerprint density at radius 3 is 2.25 bits per heavy atom. The summed E-state index contributed by atoms with van der Waals surface area (Å²) in [5.41, 5.74) is 1.29. The van der Waals surface area contributed by atoms with Crippen molar-refractivity contribution >= 4 is 27.3 Å². The lowest BCUT2D eigenvalue weighted by molar-refractivity contribution is 0.591. The van der Waals surface area contributed by atoms with Gasteiger partial charge in [0, 0.05) is 5.02 Å². The van der Waals surface area contributed by atoms with Crippen LogP contribution in [0.1, 0.15) is 26.3 Å². The van der Waals surface area contributed by atoms with Crippen LogP contribution >= 0.6 is 11.6 Å². The van der Waals surface area contributed by atoms with E-state index in [9.17, 15) is 8.42 Å². The standard InChI is InChI=1S/C11H16ClNO2S/c1-11(2,3)9-7-8(12)5-6-10(9)13-16(4,14)15/h5-7,13H,1-4H3. The van der Waals surface area contributed by atoms with Gasteiger partial charge in [0.25, 0.3) is 0 Å². The average molecular weight is 262 g/mol. The summed E-state index contributed by atoms with van der Waals surface area (Å²) in [4.78, 5) is 0. The Morgan fingerprint density at radius 2 is 1.81 bits per heavy atom. The first kappa shape index (κ1) is 13.3. The third-order valence-corrected chi connectivity index (χ3v) is 2.91. The first-order valence-corrected chi connectivity index (χ1v) is 7.14. The van der Waals surface area contributed by atoms with Gasteiger partial charge in [0.05, 0.1) is 11.9 Å². The van der Waals surface area contributed by atoms with Crippen molar-refractivity contribution in [1.29, 1.82) is 0 Å². The van der Waals surface area contributed by atoms with E-state index in [-0.39, 0.29) is 5.41 Å². The molecule has 1 aromatic rings. The van der Waals surface area contributed by atoms with Gasteiger partial charge in [-0.15, -0.1) is 0 Å². The minimum Gasteiger partial charge on any atom is -0.283 e. The van der Waals surface area contributed by atoms with E-state index in [1.807, 2.05) is 20.8 Å². The molecule has 1 rings (SSSR count). The average Bonchev–Trinajstić information content (AvgIpc) is 2.04. The molecular weight excluding hydrogens is 246 g/mol. The molecule has 0 atom stereocenters. The molecule has 3 nitrogen and oxygen atoms in total. The summed E-state index contributed by atoms with van der Waals surface area (Å²) < 4.78 is 24.9. The van der Waals surface area contributed by atoms with Gasteiger partial charge in [-0.25, -0.2) is 8.42 Å². The Kier molecular flexibility index (Phi) is 3.55. The van der Waals surface area contributed by atoms with Crippen molar-refractivity contribution in [2.24, 2.45) is 0 Å². The van der Waals surface area contributed by atoms with E-state index in [1.54, 1.807) is 18.2 Å². The molecule has 0 radical (unpaired) electrons. The molecule has 1 aromatic carbocycles. The van der Waals surface area contributed by atoms with Gasteiger partial charge in [0.15, 0.2) is 0 Å². The van der Waals surface area contributed by atoms with Crippen molar-refractivity contribution in [1.82, 2.24) is 0 Å². The highest BCUT2D eigenvalue weighted by atomic mass is 35.5. The van der Waals surface area contributed by atoms with Crippen LogP contribution in [-0.2, 0) is 15.4 Å². The predicted molar refractivity (Wildman–Crippen MR) is 68.6 cm³/mol. The normalized spacial score (nSPS) is 12.6. The lowest BCUT2D eigenvalue weighted by Gasteiger charge is -2.23. The number of hydrogen-bond donors (Lipinski definition) is 1. The second-order valence-electron chi connectivity index (χ2n) is 4.81. The molecule has 0 aromatic heterocycles. The molecule has 0 fully saturated rings. The Balaban J connectivity index is 3.29. The molecule has 0 saturated heterocycles. The predicted octanol–water partition coefficient (Wildman–Crippen LogP) is 3.01. The van der Waals surface area contributed by atoms with Gasteiger partial charge < -0.3 is 0 Å². The highest BCUT2D eigenvalue weighted by Crippen LogP contribution is 2.32. The van der Waals surface area contributed by atoms with E-state index >= 15 is 0 Å². The van der Waals surface area contributed by atoms with Crippen LogP contribution < -0.4 is 4.72 Å². The molecule has 0 spiro atoms. The Morgan fingerprint density at radius 1 is 1.25 bits per heavy atom. The fourth-order valence-corrected chi connectivity index (χ4v) is 2.18. The van der Waals surface area contributed by atoms with Gasteiger partial charge in [-0.1, -0.05) is 32.4 Å². The van der Waals surface area contributed by atoms with Crippen molar-refractivity contribution in [2.45, 2.75) is 26.2 Å². The Hall–Kier alpha value is -0.740. The quantitative estimate of drug-likeness (QED) is 0.890. The molecule has 0 saturated carbocycles. The summed E-state index contributed by atoms with van der Waals surface area (Å²) in [6.45, 7) is 6.02. The molecule has 5 heteroatoms. The first-order chi connectivity index (χ1) is 7.09. The fraction of sp³-hybridized carbons (Fsp3) is 0.455. The zero-order valence-corrected chi connectivity index (χ0v) is 11.4. The molecule has 0 aliphatic heterocycles. The molecule has 1 N–H and O–H groups in total. The van der Waals surface area contributed by atoms with Gasteiger partial charge >= 0.3 is 0 Å². The molecule has 0 aliphatic rings. The summed E-state index contributed by atoms with van der Waals surface area (Å²) >= 11 is 5.92. The van der Waals surface area contributed by atoms with E-state index in [1.165, 1.54) is 0 Å². The number of benzene rings is 1. The van der Waals surface area contributed by atoms with Gasteiger partial charge in [-0.2, -0.15) is 0 Å². The number of anilines is 1. The second-order valence-corrected chi connectivity index (χ2v) is 7.00. The van der Waals surface area contributed by atoms with Crippen molar-refractivity contribution in [3.8, 4) is 0 Å². The summed E-state index contributed by atoms with van der Waals surface area (Å²) in [5.74, 6) is 0. The topological polar surface area (TPSA) is 46.2 Å². The van der Waals surface area contributed by atoms with E-state index in [0.29, 0.717) is 10.7 Å². The first-order valence-electron chi connectivity index (χ1n) is 4.87. The molecule has 16 heavy (non-hydrogen) atoms. The van der Waals surface area contributed by atoms with Gasteiger partial charge in [0.2, 0.25) is 10.0 Å². The lowest BCUT2D eigenvalue weighted by atomic mass is 9.86. The third kappa shape index (κ3) is 3.68. The highest BCUT2D eigenvalue weighted by molar-refractivity contribution is 7.92. The maximum atomic E-state index is 11.2. The van der Waals surface area contributed by atoms with Crippen molar-refractivity contribution in [2.75, 3.05) is 11.0 Å². The zero-order chi connectivity index (χ0) is 12.6.